The molecular weight excluding hydrogens is 277 g/mol. The Morgan fingerprint density at radius 1 is 1.11 bits per heavy atom. The third kappa shape index (κ3) is 3.85. The second-order valence-electron chi connectivity index (χ2n) is 3.38. The molecule has 7 heteroatoms. The highest BCUT2D eigenvalue weighted by atomic mass is 35.5. The number of phenols is 1. The highest BCUT2D eigenvalue weighted by Crippen LogP contribution is 2.37. The van der Waals surface area contributed by atoms with E-state index in [9.17, 15) is 9.90 Å². The lowest BCUT2D eigenvalue weighted by molar-refractivity contribution is -0.105. The van der Waals surface area contributed by atoms with Crippen molar-refractivity contribution >= 4 is 46.7 Å². The van der Waals surface area contributed by atoms with Crippen molar-refractivity contribution in [2.45, 2.75) is 0 Å². The van der Waals surface area contributed by atoms with Crippen LogP contribution in [0.4, 0.5) is 17.1 Å². The molecule has 4 N–H and O–H groups in total. The SMILES string of the molecule is O=CNc1ccc(O)c(NCCCl)c1NCCCl. The van der Waals surface area contributed by atoms with E-state index in [0.717, 1.165) is 0 Å². The largest absolute Gasteiger partial charge is 0.506 e. The second-order valence-corrected chi connectivity index (χ2v) is 4.13. The molecule has 0 bridgehead atoms. The molecule has 0 aliphatic rings. The van der Waals surface area contributed by atoms with E-state index in [1.165, 1.54) is 6.07 Å². The van der Waals surface area contributed by atoms with E-state index in [0.29, 0.717) is 48.3 Å². The Morgan fingerprint density at radius 3 is 2.28 bits per heavy atom. The van der Waals surface area contributed by atoms with Gasteiger partial charge in [-0.3, -0.25) is 4.79 Å². The van der Waals surface area contributed by atoms with Crippen LogP contribution >= 0.6 is 23.2 Å². The highest BCUT2D eigenvalue weighted by Gasteiger charge is 2.12. The molecule has 1 amide bonds. The molecule has 0 saturated heterocycles. The first-order valence-corrected chi connectivity index (χ1v) is 6.47. The Morgan fingerprint density at radius 2 is 1.72 bits per heavy atom. The van der Waals surface area contributed by atoms with E-state index in [1.807, 2.05) is 0 Å². The number of amides is 1. The summed E-state index contributed by atoms with van der Waals surface area (Å²) in [6, 6.07) is 3.10. The smallest absolute Gasteiger partial charge is 0.211 e. The molecule has 0 atom stereocenters. The lowest BCUT2D eigenvalue weighted by Gasteiger charge is -2.17. The molecule has 1 aromatic carbocycles. The molecule has 0 spiro atoms. The van der Waals surface area contributed by atoms with Crippen LogP contribution in [0.15, 0.2) is 12.1 Å². The van der Waals surface area contributed by atoms with Gasteiger partial charge in [0.25, 0.3) is 0 Å². The molecule has 0 aliphatic heterocycles. The van der Waals surface area contributed by atoms with E-state index in [1.54, 1.807) is 6.07 Å². The van der Waals surface area contributed by atoms with E-state index in [2.05, 4.69) is 16.0 Å². The predicted octanol–water partition coefficient (Wildman–Crippen LogP) is 2.26. The number of phenolic OH excluding ortho intramolecular Hbond substituents is 1. The van der Waals surface area contributed by atoms with Gasteiger partial charge in [0.2, 0.25) is 6.41 Å². The summed E-state index contributed by atoms with van der Waals surface area (Å²) in [5.41, 5.74) is 1.64. The molecular formula is C11H15Cl2N3O2. The fourth-order valence-corrected chi connectivity index (χ4v) is 1.67. The van der Waals surface area contributed by atoms with Crippen LogP contribution in [0.3, 0.4) is 0 Å². The van der Waals surface area contributed by atoms with Crippen molar-refractivity contribution in [3.63, 3.8) is 0 Å². The number of aromatic hydroxyl groups is 1. The number of rotatable bonds is 8. The second kappa shape index (κ2) is 7.89. The summed E-state index contributed by atoms with van der Waals surface area (Å²) < 4.78 is 0. The molecule has 5 nitrogen and oxygen atoms in total. The van der Waals surface area contributed by atoms with E-state index >= 15 is 0 Å². The molecule has 0 saturated carbocycles. The predicted molar refractivity (Wildman–Crippen MR) is 76.2 cm³/mol. The normalized spacial score (nSPS) is 9.89. The molecule has 100 valence electrons. The summed E-state index contributed by atoms with van der Waals surface area (Å²) in [5.74, 6) is 0.888. The van der Waals surface area contributed by atoms with Crippen LogP contribution in [0.1, 0.15) is 0 Å². The molecule has 1 aromatic rings. The van der Waals surface area contributed by atoms with Crippen molar-refractivity contribution in [2.24, 2.45) is 0 Å². The number of hydrogen-bond donors (Lipinski definition) is 4. The average molecular weight is 292 g/mol. The van der Waals surface area contributed by atoms with Gasteiger partial charge in [-0.05, 0) is 12.1 Å². The van der Waals surface area contributed by atoms with Gasteiger partial charge in [-0.1, -0.05) is 0 Å². The summed E-state index contributed by atoms with van der Waals surface area (Å²) in [7, 11) is 0. The number of anilines is 3. The summed E-state index contributed by atoms with van der Waals surface area (Å²) in [4.78, 5) is 10.5. The minimum Gasteiger partial charge on any atom is -0.506 e. The van der Waals surface area contributed by atoms with Gasteiger partial charge in [0.15, 0.2) is 0 Å². The Hall–Kier alpha value is -1.33. The Labute approximate surface area is 115 Å². The van der Waals surface area contributed by atoms with Crippen molar-refractivity contribution < 1.29 is 9.90 Å². The molecule has 0 radical (unpaired) electrons. The standard InChI is InChI=1S/C11H15Cl2N3O2/c12-3-5-14-10-8(16-7-17)1-2-9(18)11(10)15-6-4-13/h1-2,7,14-15,18H,3-6H2,(H,16,17). The maximum atomic E-state index is 10.5. The van der Waals surface area contributed by atoms with Gasteiger partial charge in [-0.15, -0.1) is 23.2 Å². The van der Waals surface area contributed by atoms with Gasteiger partial charge in [-0.25, -0.2) is 0 Å². The first-order valence-electron chi connectivity index (χ1n) is 5.40. The lowest BCUT2D eigenvalue weighted by Crippen LogP contribution is -2.11. The maximum absolute atomic E-state index is 10.5. The highest BCUT2D eigenvalue weighted by molar-refractivity contribution is 6.18. The van der Waals surface area contributed by atoms with E-state index in [-0.39, 0.29) is 5.75 Å². The first kappa shape index (κ1) is 14.7. The number of halogens is 2. The zero-order valence-electron chi connectivity index (χ0n) is 9.67. The van der Waals surface area contributed by atoms with Crippen molar-refractivity contribution in [3.8, 4) is 5.75 Å². The van der Waals surface area contributed by atoms with Gasteiger partial charge >= 0.3 is 0 Å². The topological polar surface area (TPSA) is 73.4 Å². The molecule has 1 rings (SSSR count). The molecule has 18 heavy (non-hydrogen) atoms. The Balaban J connectivity index is 3.07. The minimum absolute atomic E-state index is 0.0774. The van der Waals surface area contributed by atoms with E-state index in [4.69, 9.17) is 23.2 Å². The summed E-state index contributed by atoms with van der Waals surface area (Å²) in [6.07, 6.45) is 0.573. The molecule has 0 unspecified atom stereocenters. The summed E-state index contributed by atoms with van der Waals surface area (Å²) in [6.45, 7) is 1.00. The lowest BCUT2D eigenvalue weighted by atomic mass is 10.2. The van der Waals surface area contributed by atoms with Crippen molar-refractivity contribution in [1.82, 2.24) is 0 Å². The van der Waals surface area contributed by atoms with Crippen molar-refractivity contribution in [2.75, 3.05) is 40.8 Å². The average Bonchev–Trinajstić information content (AvgIpc) is 2.38. The number of carbonyl (C=O) groups excluding carboxylic acids is 1. The molecule has 0 heterocycles. The number of hydrogen-bond acceptors (Lipinski definition) is 4. The van der Waals surface area contributed by atoms with E-state index < -0.39 is 0 Å². The van der Waals surface area contributed by atoms with Crippen LogP contribution in [0, 0.1) is 0 Å². The Kier molecular flexibility index (Phi) is 6.46. The van der Waals surface area contributed by atoms with Crippen LogP contribution in [0.5, 0.6) is 5.75 Å². The molecule has 0 aromatic heterocycles. The number of nitrogens with one attached hydrogen (secondary N) is 3. The number of alkyl halides is 2. The zero-order chi connectivity index (χ0) is 13.4. The Bertz CT molecular complexity index is 402. The van der Waals surface area contributed by atoms with Crippen molar-refractivity contribution in [1.29, 1.82) is 0 Å². The van der Waals surface area contributed by atoms with Crippen LogP contribution in [0.2, 0.25) is 0 Å². The minimum atomic E-state index is 0.0774. The van der Waals surface area contributed by atoms with Gasteiger partial charge in [-0.2, -0.15) is 0 Å². The van der Waals surface area contributed by atoms with Gasteiger partial charge in [0.1, 0.15) is 11.4 Å². The summed E-state index contributed by atoms with van der Waals surface area (Å²) >= 11 is 11.2. The zero-order valence-corrected chi connectivity index (χ0v) is 11.2. The van der Waals surface area contributed by atoms with Crippen LogP contribution in [-0.4, -0.2) is 36.4 Å². The van der Waals surface area contributed by atoms with Gasteiger partial charge in [0, 0.05) is 24.8 Å². The van der Waals surface area contributed by atoms with Crippen LogP contribution in [0.25, 0.3) is 0 Å². The molecule has 0 fully saturated rings. The quantitative estimate of drug-likeness (QED) is 0.257. The molecule has 0 aliphatic carbocycles. The fraction of sp³-hybridized carbons (Fsp3) is 0.364. The third-order valence-corrected chi connectivity index (χ3v) is 2.57. The monoisotopic (exact) mass is 291 g/mol. The first-order chi connectivity index (χ1) is 8.74. The number of benzene rings is 1. The van der Waals surface area contributed by atoms with Gasteiger partial charge < -0.3 is 21.1 Å². The fourth-order valence-electron chi connectivity index (χ4n) is 1.48. The van der Waals surface area contributed by atoms with Crippen molar-refractivity contribution in [3.05, 3.63) is 12.1 Å². The summed E-state index contributed by atoms with van der Waals surface area (Å²) in [5, 5.41) is 18.4. The van der Waals surface area contributed by atoms with Gasteiger partial charge in [0.05, 0.1) is 11.4 Å². The number of carbonyl (C=O) groups is 1. The van der Waals surface area contributed by atoms with Crippen LogP contribution < -0.4 is 16.0 Å². The third-order valence-electron chi connectivity index (χ3n) is 2.19. The maximum Gasteiger partial charge on any atom is 0.211 e. The van der Waals surface area contributed by atoms with Crippen LogP contribution in [-0.2, 0) is 4.79 Å².